The Kier molecular flexibility index (Phi) is 53.5. The Morgan fingerprint density at radius 1 is 0.300 bits per heavy atom. The van der Waals surface area contributed by atoms with Gasteiger partial charge in [0.2, 0.25) is 0 Å². The Morgan fingerprint density at radius 3 is 0.986 bits per heavy atom. The van der Waals surface area contributed by atoms with Crippen LogP contribution in [-0.4, -0.2) is 37.2 Å². The second-order valence-corrected chi connectivity index (χ2v) is 18.4. The smallest absolute Gasteiger partial charge is 0.306 e. The van der Waals surface area contributed by atoms with Crippen molar-refractivity contribution in [1.82, 2.24) is 0 Å². The topological polar surface area (TPSA) is 78.9 Å². The van der Waals surface area contributed by atoms with Gasteiger partial charge in [0.15, 0.2) is 6.10 Å². The predicted molar refractivity (Wildman–Crippen MR) is 302 cm³/mol. The van der Waals surface area contributed by atoms with Crippen LogP contribution in [0.5, 0.6) is 0 Å². The molecule has 0 radical (unpaired) electrons. The van der Waals surface area contributed by atoms with Crippen molar-refractivity contribution in [1.29, 1.82) is 0 Å². The summed E-state index contributed by atoms with van der Waals surface area (Å²) >= 11 is 0. The van der Waals surface area contributed by atoms with Crippen molar-refractivity contribution >= 4 is 17.9 Å². The van der Waals surface area contributed by atoms with Gasteiger partial charge in [-0.3, -0.25) is 14.4 Å². The van der Waals surface area contributed by atoms with E-state index in [2.05, 4.69) is 69.4 Å². The van der Waals surface area contributed by atoms with Crippen molar-refractivity contribution in [3.63, 3.8) is 0 Å². The molecule has 6 heteroatoms. The zero-order valence-electron chi connectivity index (χ0n) is 45.0. The first-order valence-electron chi connectivity index (χ1n) is 28.3. The normalized spacial score (nSPS) is 13.1. The van der Waals surface area contributed by atoms with Crippen LogP contribution in [-0.2, 0) is 28.6 Å². The van der Waals surface area contributed by atoms with Crippen molar-refractivity contribution in [3.05, 3.63) is 134 Å². The molecule has 1 unspecified atom stereocenters. The number of ether oxygens (including phenoxy) is 3. The highest BCUT2D eigenvalue weighted by atomic mass is 16.6. The molecule has 1 atom stereocenters. The van der Waals surface area contributed by atoms with Crippen LogP contribution in [0.4, 0.5) is 0 Å². The second kappa shape index (κ2) is 57.1. The summed E-state index contributed by atoms with van der Waals surface area (Å²) in [5.74, 6) is -0.986. The molecule has 0 aromatic rings. The average molecular weight is 968 g/mol. The molecule has 0 aliphatic heterocycles. The Labute approximate surface area is 430 Å². The lowest BCUT2D eigenvalue weighted by Crippen LogP contribution is -2.30. The SMILES string of the molecule is CC\C=C/C=C\C=C/C=C\C=C/CCCCCC(=O)OCC(COC(=O)CCCCCCCCC/C=C\CCCCCCCCCC)OC(=O)CCCCCCC\C=C/C=C\C=C/C=C\C=C/CCC. The lowest BCUT2D eigenvalue weighted by atomic mass is 10.1. The van der Waals surface area contributed by atoms with Crippen LogP contribution >= 0.6 is 0 Å². The van der Waals surface area contributed by atoms with Crippen LogP contribution in [0.2, 0.25) is 0 Å². The van der Waals surface area contributed by atoms with E-state index < -0.39 is 6.10 Å². The summed E-state index contributed by atoms with van der Waals surface area (Å²) in [5, 5.41) is 0. The van der Waals surface area contributed by atoms with Crippen LogP contribution in [0.15, 0.2) is 134 Å². The quantitative estimate of drug-likeness (QED) is 0.0199. The summed E-state index contributed by atoms with van der Waals surface area (Å²) in [6.07, 6.45) is 80.0. The number of carbonyl (C=O) groups excluding carboxylic acids is 3. The largest absolute Gasteiger partial charge is 0.462 e. The summed E-state index contributed by atoms with van der Waals surface area (Å²) < 4.78 is 16.8. The van der Waals surface area contributed by atoms with Gasteiger partial charge >= 0.3 is 17.9 Å². The van der Waals surface area contributed by atoms with E-state index in [4.69, 9.17) is 14.2 Å². The van der Waals surface area contributed by atoms with Crippen molar-refractivity contribution in [3.8, 4) is 0 Å². The molecule has 0 aromatic carbocycles. The molecule has 0 heterocycles. The molecular weight excluding hydrogens is 865 g/mol. The molecule has 0 aliphatic carbocycles. The van der Waals surface area contributed by atoms with E-state index >= 15 is 0 Å². The molecule has 0 saturated heterocycles. The van der Waals surface area contributed by atoms with Crippen molar-refractivity contribution in [2.24, 2.45) is 0 Å². The Hall–Kier alpha value is -4.45. The lowest BCUT2D eigenvalue weighted by Gasteiger charge is -2.18. The number of unbranched alkanes of at least 4 members (excludes halogenated alkanes) is 24. The van der Waals surface area contributed by atoms with Crippen LogP contribution < -0.4 is 0 Å². The summed E-state index contributed by atoms with van der Waals surface area (Å²) in [7, 11) is 0. The fourth-order valence-corrected chi connectivity index (χ4v) is 7.37. The molecule has 0 aliphatic rings. The number of rotatable bonds is 49. The van der Waals surface area contributed by atoms with Gasteiger partial charge in [-0.25, -0.2) is 0 Å². The Morgan fingerprint density at radius 2 is 0.600 bits per heavy atom. The number of hydrogen-bond donors (Lipinski definition) is 0. The van der Waals surface area contributed by atoms with Gasteiger partial charge in [0.05, 0.1) is 0 Å². The van der Waals surface area contributed by atoms with E-state index in [1.54, 1.807) is 0 Å². The molecule has 0 N–H and O–H groups in total. The summed E-state index contributed by atoms with van der Waals surface area (Å²) in [4.78, 5) is 38.2. The molecule has 0 rings (SSSR count). The minimum absolute atomic E-state index is 0.109. The lowest BCUT2D eigenvalue weighted by molar-refractivity contribution is -0.167. The minimum atomic E-state index is -0.817. The average Bonchev–Trinajstić information content (AvgIpc) is 3.36. The third kappa shape index (κ3) is 54.5. The molecule has 0 spiro atoms. The minimum Gasteiger partial charge on any atom is -0.462 e. The van der Waals surface area contributed by atoms with Gasteiger partial charge in [0.25, 0.3) is 0 Å². The second-order valence-electron chi connectivity index (χ2n) is 18.4. The zero-order chi connectivity index (χ0) is 50.7. The molecule has 0 aromatic heterocycles. The third-order valence-corrected chi connectivity index (χ3v) is 11.6. The Bertz CT molecular complexity index is 1530. The molecule has 0 amide bonds. The van der Waals surface area contributed by atoms with Crippen molar-refractivity contribution in [2.45, 2.75) is 239 Å². The van der Waals surface area contributed by atoms with Gasteiger partial charge in [0.1, 0.15) is 13.2 Å². The first kappa shape index (κ1) is 65.5. The van der Waals surface area contributed by atoms with E-state index in [0.717, 1.165) is 96.3 Å². The fourth-order valence-electron chi connectivity index (χ4n) is 7.37. The number of esters is 3. The third-order valence-electron chi connectivity index (χ3n) is 11.6. The molecule has 6 nitrogen and oxygen atoms in total. The maximum atomic E-state index is 12.9. The number of allylic oxidation sites excluding steroid dienone is 22. The monoisotopic (exact) mass is 967 g/mol. The van der Waals surface area contributed by atoms with Crippen LogP contribution in [0.1, 0.15) is 233 Å². The number of hydrogen-bond acceptors (Lipinski definition) is 6. The van der Waals surface area contributed by atoms with Gasteiger partial charge < -0.3 is 14.2 Å². The van der Waals surface area contributed by atoms with E-state index in [-0.39, 0.29) is 37.5 Å². The van der Waals surface area contributed by atoms with Gasteiger partial charge in [-0.15, -0.1) is 0 Å². The van der Waals surface area contributed by atoms with Crippen molar-refractivity contribution in [2.75, 3.05) is 13.2 Å². The fraction of sp³-hybridized carbons (Fsp3) is 0.609. The van der Waals surface area contributed by atoms with E-state index in [1.165, 1.54) is 96.3 Å². The van der Waals surface area contributed by atoms with E-state index in [9.17, 15) is 14.4 Å². The number of carbonyl (C=O) groups is 3. The van der Waals surface area contributed by atoms with Crippen LogP contribution in [0, 0.1) is 0 Å². The van der Waals surface area contributed by atoms with Gasteiger partial charge in [-0.1, -0.05) is 264 Å². The molecule has 70 heavy (non-hydrogen) atoms. The standard InChI is InChI=1S/C64H102O6/c1-4-7-10-13-16-19-22-25-28-30-32-34-36-39-42-45-48-51-54-57-63(66)69-60-61(59-68-62(65)56-53-50-47-44-41-38-35-27-24-21-18-15-12-9-6-3)70-64(67)58-55-52-49-46-43-40-37-33-31-29-26-23-20-17-14-11-8-5-2/h9,11-12,14-15,17-18,20-21,23-24,26-27,29-33,35,37-38,41,61H,4-8,10,13,16,19,22,25,28,34,36,39-40,42-60H2,1-3H3/b12-9-,14-11-,18-15-,20-17-,24-21-,26-23-,31-29-,32-30-,35-27-,37-33-,41-38-. The first-order valence-corrected chi connectivity index (χ1v) is 28.3. The van der Waals surface area contributed by atoms with E-state index in [1.807, 2.05) is 85.1 Å². The highest BCUT2D eigenvalue weighted by Gasteiger charge is 2.19. The van der Waals surface area contributed by atoms with Gasteiger partial charge in [-0.2, -0.15) is 0 Å². The van der Waals surface area contributed by atoms with Crippen LogP contribution in [0.25, 0.3) is 0 Å². The highest BCUT2D eigenvalue weighted by Crippen LogP contribution is 2.14. The van der Waals surface area contributed by atoms with Crippen LogP contribution in [0.3, 0.4) is 0 Å². The predicted octanol–water partition coefficient (Wildman–Crippen LogP) is 19.0. The maximum absolute atomic E-state index is 12.9. The van der Waals surface area contributed by atoms with Gasteiger partial charge in [0, 0.05) is 19.3 Å². The van der Waals surface area contributed by atoms with Gasteiger partial charge in [-0.05, 0) is 83.5 Å². The van der Waals surface area contributed by atoms with Crippen molar-refractivity contribution < 1.29 is 28.6 Å². The van der Waals surface area contributed by atoms with E-state index in [0.29, 0.717) is 12.8 Å². The highest BCUT2D eigenvalue weighted by molar-refractivity contribution is 5.71. The summed E-state index contributed by atoms with van der Waals surface area (Å²) in [5.41, 5.74) is 0. The molecule has 0 saturated carbocycles. The molecule has 0 bridgehead atoms. The summed E-state index contributed by atoms with van der Waals surface area (Å²) in [6.45, 7) is 6.34. The molecule has 394 valence electrons. The maximum Gasteiger partial charge on any atom is 0.306 e. The first-order chi connectivity index (χ1) is 34.5. The summed E-state index contributed by atoms with van der Waals surface area (Å²) in [6, 6.07) is 0. The Balaban J connectivity index is 4.53. The molecular formula is C64H102O6. The molecule has 0 fully saturated rings. The zero-order valence-corrected chi connectivity index (χ0v) is 45.0.